The number of nitrogens with one attached hydrogen (secondary N) is 1. The van der Waals surface area contributed by atoms with Crippen LogP contribution in [-0.2, 0) is 38.7 Å². The summed E-state index contributed by atoms with van der Waals surface area (Å²) in [4.78, 5) is 61.2. The normalized spacial score (nSPS) is 17.8. The number of aliphatic carboxylic acids is 1. The SMILES string of the molecule is CCCc1ccc(C(=O)NCc2cc[n+](CC3=C(C(=O)[O-])N4C(=O)[C@@H](CC(=O)/C(=N\OC)c5nc(N)sc5Cl)[C@H]4SC3)cc2)cc1. The van der Waals surface area contributed by atoms with E-state index in [-0.39, 0.29) is 45.4 Å². The van der Waals surface area contributed by atoms with Gasteiger partial charge in [0.1, 0.15) is 17.1 Å². The van der Waals surface area contributed by atoms with Gasteiger partial charge in [-0.05, 0) is 29.7 Å². The Morgan fingerprint density at radius 3 is 2.52 bits per heavy atom. The standard InChI is InChI=1S/C31H31ClN6O6S2/c1-3-4-17-5-7-19(8-6-17)27(40)34-14-18-9-11-37(12-10-18)15-20-16-45-29-21(28(41)38(29)25(20)30(42)43)13-22(39)23(36-44-2)24-26(32)46-31(33)35-24/h5-12,21,29H,3-4,13-16H2,1-2H3,(H3-,33,34,35,40,42,43)/b36-23+/t21-,29-/m1/s1. The number of nitrogens with zero attached hydrogens (tertiary/aromatic N) is 4. The van der Waals surface area contributed by atoms with Gasteiger partial charge in [-0.1, -0.05) is 53.6 Å². The lowest BCUT2D eigenvalue weighted by Gasteiger charge is -2.50. The molecule has 1 saturated heterocycles. The van der Waals surface area contributed by atoms with Crippen molar-refractivity contribution in [2.45, 2.75) is 44.6 Å². The molecule has 3 aromatic rings. The van der Waals surface area contributed by atoms with Crippen LogP contribution in [0.1, 0.15) is 46.9 Å². The number of carbonyl (C=O) groups excluding carboxylic acids is 4. The summed E-state index contributed by atoms with van der Waals surface area (Å²) < 4.78 is 1.95. The van der Waals surface area contributed by atoms with Gasteiger partial charge in [-0.3, -0.25) is 19.3 Å². The number of pyridine rings is 1. The number of hydrogen-bond donors (Lipinski definition) is 2. The molecule has 1 fully saturated rings. The summed E-state index contributed by atoms with van der Waals surface area (Å²) >= 11 is 8.51. The van der Waals surface area contributed by atoms with Gasteiger partial charge in [0.05, 0.1) is 23.0 Å². The molecular weight excluding hydrogens is 652 g/mol. The van der Waals surface area contributed by atoms with E-state index >= 15 is 0 Å². The molecule has 240 valence electrons. The molecule has 5 rings (SSSR count). The number of amides is 2. The van der Waals surface area contributed by atoms with E-state index in [4.69, 9.17) is 22.2 Å². The fourth-order valence-corrected chi connectivity index (χ4v) is 7.66. The van der Waals surface area contributed by atoms with Crippen molar-refractivity contribution in [3.05, 3.63) is 86.8 Å². The van der Waals surface area contributed by atoms with Crippen LogP contribution in [0.15, 0.2) is 65.2 Å². The molecule has 2 atom stereocenters. The number of rotatable bonds is 13. The number of oxime groups is 1. The maximum atomic E-state index is 13.2. The summed E-state index contributed by atoms with van der Waals surface area (Å²) in [5.74, 6) is -3.13. The van der Waals surface area contributed by atoms with Crippen LogP contribution in [0.2, 0.25) is 4.34 Å². The molecule has 2 aliphatic rings. The van der Waals surface area contributed by atoms with Crippen molar-refractivity contribution >= 4 is 69.1 Å². The Kier molecular flexibility index (Phi) is 10.4. The smallest absolute Gasteiger partial charge is 0.251 e. The first-order valence-electron chi connectivity index (χ1n) is 14.4. The summed E-state index contributed by atoms with van der Waals surface area (Å²) in [5.41, 5.74) is 8.57. The number of halogens is 1. The van der Waals surface area contributed by atoms with Crippen LogP contribution in [0.3, 0.4) is 0 Å². The number of aryl methyl sites for hydroxylation is 1. The average Bonchev–Trinajstić information content (AvgIpc) is 3.38. The van der Waals surface area contributed by atoms with E-state index in [1.807, 2.05) is 36.4 Å². The number of nitrogen functional groups attached to an aromatic ring is 1. The minimum absolute atomic E-state index is 0.0658. The summed E-state index contributed by atoms with van der Waals surface area (Å²) in [6, 6.07) is 11.2. The fraction of sp³-hybridized carbons (Fsp3) is 0.323. The molecule has 0 aliphatic carbocycles. The van der Waals surface area contributed by atoms with Crippen molar-refractivity contribution in [1.82, 2.24) is 15.2 Å². The second kappa shape index (κ2) is 14.4. The number of Topliss-reactive ketones (excluding diaryl/α,β-unsaturated/α-hetero) is 1. The van der Waals surface area contributed by atoms with Crippen LogP contribution in [0.4, 0.5) is 5.13 Å². The fourth-order valence-electron chi connectivity index (χ4n) is 5.33. The van der Waals surface area contributed by atoms with Crippen molar-refractivity contribution in [3.8, 4) is 0 Å². The van der Waals surface area contributed by atoms with E-state index in [2.05, 4.69) is 22.4 Å². The molecule has 15 heteroatoms. The van der Waals surface area contributed by atoms with Gasteiger partial charge < -0.3 is 25.8 Å². The van der Waals surface area contributed by atoms with E-state index in [9.17, 15) is 24.3 Å². The molecule has 0 spiro atoms. The number of anilines is 1. The molecule has 4 heterocycles. The molecule has 0 bridgehead atoms. The number of carbonyl (C=O) groups is 4. The monoisotopic (exact) mass is 682 g/mol. The molecule has 3 N–H and O–H groups in total. The van der Waals surface area contributed by atoms with Crippen LogP contribution in [0.25, 0.3) is 0 Å². The second-order valence-corrected chi connectivity index (χ2v) is 13.4. The number of benzene rings is 1. The Balaban J connectivity index is 1.22. The topological polar surface area (TPSA) is 171 Å². The number of fused-ring (bicyclic) bond motifs is 1. The first-order valence-corrected chi connectivity index (χ1v) is 16.6. The quantitative estimate of drug-likeness (QED) is 0.119. The zero-order valence-corrected chi connectivity index (χ0v) is 27.4. The lowest BCUT2D eigenvalue weighted by atomic mass is 9.89. The van der Waals surface area contributed by atoms with Gasteiger partial charge in [0.15, 0.2) is 35.6 Å². The first-order chi connectivity index (χ1) is 22.1. The van der Waals surface area contributed by atoms with Crippen molar-refractivity contribution in [2.24, 2.45) is 11.1 Å². The van der Waals surface area contributed by atoms with Crippen LogP contribution >= 0.6 is 34.7 Å². The van der Waals surface area contributed by atoms with E-state index in [0.29, 0.717) is 23.4 Å². The Hall–Kier alpha value is -4.27. The lowest BCUT2D eigenvalue weighted by molar-refractivity contribution is -0.689. The van der Waals surface area contributed by atoms with Crippen molar-refractivity contribution in [2.75, 3.05) is 18.6 Å². The molecule has 0 radical (unpaired) electrons. The third-order valence-corrected chi connectivity index (χ3v) is 10.1. The number of thiazole rings is 1. The zero-order valence-electron chi connectivity index (χ0n) is 25.0. The summed E-state index contributed by atoms with van der Waals surface area (Å²) in [5, 5.41) is 18.5. The molecule has 46 heavy (non-hydrogen) atoms. The molecular formula is C31H31ClN6O6S2. The first kappa shape index (κ1) is 33.1. The number of carboxylic acids is 1. The highest BCUT2D eigenvalue weighted by Gasteiger charge is 2.53. The second-order valence-electron chi connectivity index (χ2n) is 10.7. The number of hydrogen-bond acceptors (Lipinski definition) is 11. The minimum Gasteiger partial charge on any atom is -0.543 e. The van der Waals surface area contributed by atoms with Gasteiger partial charge in [0, 0.05) is 42.0 Å². The Morgan fingerprint density at radius 1 is 1.20 bits per heavy atom. The van der Waals surface area contributed by atoms with Crippen LogP contribution in [0, 0.1) is 5.92 Å². The number of nitrogens with two attached hydrogens (primary N) is 1. The lowest BCUT2D eigenvalue weighted by Crippen LogP contribution is -2.63. The highest BCUT2D eigenvalue weighted by Crippen LogP contribution is 2.45. The van der Waals surface area contributed by atoms with Crippen LogP contribution in [0.5, 0.6) is 0 Å². The predicted molar refractivity (Wildman–Crippen MR) is 172 cm³/mol. The summed E-state index contributed by atoms with van der Waals surface area (Å²) in [6.07, 6.45) is 5.33. The maximum absolute atomic E-state index is 13.2. The number of β-lactam (4-membered cyclic amide) rings is 1. The third-order valence-electron chi connectivity index (χ3n) is 7.57. The Bertz CT molecular complexity index is 1720. The van der Waals surface area contributed by atoms with Crippen LogP contribution in [-0.4, -0.2) is 57.4 Å². The number of carboxylic acid groups (broad SMARTS) is 1. The van der Waals surface area contributed by atoms with Gasteiger partial charge in [-0.25, -0.2) is 9.55 Å². The number of thioether (sulfide) groups is 1. The van der Waals surface area contributed by atoms with E-state index in [0.717, 1.165) is 29.7 Å². The number of ketones is 1. The van der Waals surface area contributed by atoms with E-state index < -0.39 is 29.0 Å². The molecule has 2 aromatic heterocycles. The average molecular weight is 683 g/mol. The van der Waals surface area contributed by atoms with Crippen molar-refractivity contribution < 1.29 is 33.7 Å². The molecule has 0 saturated carbocycles. The zero-order chi connectivity index (χ0) is 33.0. The number of aromatic nitrogens is 2. The Labute approximate surface area is 278 Å². The van der Waals surface area contributed by atoms with Gasteiger partial charge in [0.25, 0.3) is 5.91 Å². The summed E-state index contributed by atoms with van der Waals surface area (Å²) in [6.45, 7) is 2.64. The molecule has 0 unspecified atom stereocenters. The predicted octanol–water partition coefficient (Wildman–Crippen LogP) is 2.09. The van der Waals surface area contributed by atoms with Crippen LogP contribution < -0.4 is 20.7 Å². The van der Waals surface area contributed by atoms with E-state index in [1.54, 1.807) is 17.0 Å². The minimum atomic E-state index is -1.47. The molecule has 1 aromatic carbocycles. The highest BCUT2D eigenvalue weighted by atomic mass is 35.5. The highest BCUT2D eigenvalue weighted by molar-refractivity contribution is 8.00. The third kappa shape index (κ3) is 7.08. The van der Waals surface area contributed by atoms with Gasteiger partial charge in [-0.2, -0.15) is 0 Å². The molecule has 2 aliphatic heterocycles. The van der Waals surface area contributed by atoms with Gasteiger partial charge in [0.2, 0.25) is 5.91 Å². The maximum Gasteiger partial charge on any atom is 0.251 e. The van der Waals surface area contributed by atoms with Gasteiger partial charge >= 0.3 is 0 Å². The Morgan fingerprint density at radius 2 is 1.91 bits per heavy atom. The van der Waals surface area contributed by atoms with Crippen molar-refractivity contribution in [3.63, 3.8) is 0 Å². The summed E-state index contributed by atoms with van der Waals surface area (Å²) in [7, 11) is 1.26. The largest absolute Gasteiger partial charge is 0.543 e. The molecule has 12 nitrogen and oxygen atoms in total. The van der Waals surface area contributed by atoms with E-state index in [1.165, 1.54) is 29.3 Å². The van der Waals surface area contributed by atoms with Gasteiger partial charge in [-0.15, -0.1) is 11.8 Å². The van der Waals surface area contributed by atoms with Crippen molar-refractivity contribution in [1.29, 1.82) is 0 Å². The molecule has 2 amide bonds.